The summed E-state index contributed by atoms with van der Waals surface area (Å²) in [4.78, 5) is 2.41. The Morgan fingerprint density at radius 2 is 0.740 bits per heavy atom. The van der Waals surface area contributed by atoms with Gasteiger partial charge < -0.3 is 14.0 Å². The first-order valence-electron chi connectivity index (χ1n) is 26.6. The molecule has 4 heteroatoms. The minimum atomic E-state index is 1.00. The van der Waals surface area contributed by atoms with Gasteiger partial charge in [0, 0.05) is 55.9 Å². The zero-order valence-electron chi connectivity index (χ0n) is 43.0. The van der Waals surface area contributed by atoms with Crippen LogP contribution in [0.25, 0.3) is 106 Å². The Hall–Kier alpha value is -9.27. The van der Waals surface area contributed by atoms with E-state index in [1.54, 1.807) is 0 Å². The van der Waals surface area contributed by atoms with Gasteiger partial charge in [-0.3, -0.25) is 0 Å². The number of nitrogens with zero attached hydrogens (tertiary/aromatic N) is 3. The lowest BCUT2D eigenvalue weighted by Crippen LogP contribution is -2.10. The van der Waals surface area contributed by atoms with Crippen LogP contribution in [0.15, 0.2) is 279 Å². The summed E-state index contributed by atoms with van der Waals surface area (Å²) in [6.07, 6.45) is 6.72. The summed E-state index contributed by atoms with van der Waals surface area (Å²) in [6.45, 7) is 1.92. The molecule has 14 rings (SSSR count). The molecule has 77 heavy (non-hydrogen) atoms. The van der Waals surface area contributed by atoms with Crippen LogP contribution in [0.3, 0.4) is 0 Å². The largest absolute Gasteiger partial charge is 0.313 e. The Labute approximate surface area is 453 Å². The molecule has 1 atom stereocenters. The molecule has 0 saturated carbocycles. The first-order chi connectivity index (χ1) is 38.2. The second-order valence-corrected chi connectivity index (χ2v) is 19.6. The van der Waals surface area contributed by atoms with Gasteiger partial charge in [0.15, 0.2) is 0 Å². The fourth-order valence-corrected chi connectivity index (χ4v) is 11.6. The summed E-state index contributed by atoms with van der Waals surface area (Å²) < 4.78 is 4.87. The van der Waals surface area contributed by atoms with Gasteiger partial charge >= 0.3 is 0 Å². The Morgan fingerprint density at radius 3 is 1.38 bits per heavy atom. The van der Waals surface area contributed by atoms with E-state index in [1.807, 2.05) is 6.66 Å². The van der Waals surface area contributed by atoms with Crippen molar-refractivity contribution in [1.29, 1.82) is 0 Å². The zero-order valence-corrected chi connectivity index (χ0v) is 44.1. The third-order valence-corrected chi connectivity index (χ3v) is 15.1. The van der Waals surface area contributed by atoms with Crippen LogP contribution >= 0.6 is 9.24 Å². The van der Waals surface area contributed by atoms with Gasteiger partial charge in [0.2, 0.25) is 0 Å². The number of benzene rings is 11. The van der Waals surface area contributed by atoms with Crippen molar-refractivity contribution in [2.45, 2.75) is 12.8 Å². The summed E-state index contributed by atoms with van der Waals surface area (Å²) in [5.41, 5.74) is 23.5. The number of anilines is 3. The van der Waals surface area contributed by atoms with E-state index in [0.717, 1.165) is 63.4 Å². The number of fused-ring (bicyclic) bond motifs is 6. The van der Waals surface area contributed by atoms with Crippen LogP contribution in [-0.2, 0) is 6.42 Å². The standard InChI is InChI=1S/C72H51N3.CH5P/c1-6-21-50(22-7-1)52-25-20-32-63(45-52)73(60-26-10-3-11-27-60)64-46-58(51-23-8-2-9-24-51)44-59(47-64)57-42-55(53-37-39-71-67(48-53)65-33-16-18-35-69(65)74(71)61-28-12-4-13-29-61)41-56(43-57)54-38-40-72-68(49-54)66-34-17-19-36-70(66)75(72)62-30-14-5-15-31-62;1-2/h1-18,20-35,37-49H,19,36H2;2H2,1H3. The lowest BCUT2D eigenvalue weighted by molar-refractivity contribution is 0.888. The third kappa shape index (κ3) is 8.95. The molecular formula is C73H56N3P. The van der Waals surface area contributed by atoms with Crippen molar-refractivity contribution in [3.63, 3.8) is 0 Å². The number of allylic oxidation sites excluding steroid dienone is 1. The molecule has 13 aromatic rings. The summed E-state index contributed by atoms with van der Waals surface area (Å²) in [6, 6.07) is 100. The van der Waals surface area contributed by atoms with E-state index in [1.165, 1.54) is 77.5 Å². The molecule has 0 amide bonds. The molecule has 0 bridgehead atoms. The van der Waals surface area contributed by atoms with Gasteiger partial charge in [-0.2, -0.15) is 0 Å². The molecule has 0 radical (unpaired) electrons. The highest BCUT2D eigenvalue weighted by atomic mass is 31.0. The monoisotopic (exact) mass is 1010 g/mol. The summed E-state index contributed by atoms with van der Waals surface area (Å²) in [5.74, 6) is 0. The van der Waals surface area contributed by atoms with E-state index >= 15 is 0 Å². The van der Waals surface area contributed by atoms with Crippen molar-refractivity contribution < 1.29 is 0 Å². The van der Waals surface area contributed by atoms with Crippen LogP contribution < -0.4 is 4.90 Å². The smallest absolute Gasteiger partial charge is 0.0541 e. The lowest BCUT2D eigenvalue weighted by Gasteiger charge is -2.27. The van der Waals surface area contributed by atoms with Gasteiger partial charge in [0.1, 0.15) is 0 Å². The van der Waals surface area contributed by atoms with Crippen molar-refractivity contribution in [3.05, 3.63) is 290 Å². The molecule has 368 valence electrons. The van der Waals surface area contributed by atoms with E-state index in [2.05, 4.69) is 308 Å². The zero-order chi connectivity index (χ0) is 51.7. The SMILES string of the molecule is C1=Cc2c(n(-c3ccccc3)c3ccc(-c4cc(-c5cc(-c6ccccc6)cc(N(c6ccccc6)c6cccc(-c7ccccc7)c6)c5)cc(-c5ccc6c(c5)c5ccccc5n6-c5ccccc5)c4)cc23)CC1.CP. The van der Waals surface area contributed by atoms with E-state index in [9.17, 15) is 0 Å². The number of aromatic nitrogens is 2. The first kappa shape index (κ1) is 47.4. The van der Waals surface area contributed by atoms with E-state index in [0.29, 0.717) is 0 Å². The minimum Gasteiger partial charge on any atom is -0.313 e. The Balaban J connectivity index is 0.00000280. The van der Waals surface area contributed by atoms with Crippen molar-refractivity contribution in [2.24, 2.45) is 0 Å². The molecule has 3 nitrogen and oxygen atoms in total. The molecule has 2 heterocycles. The predicted molar refractivity (Wildman–Crippen MR) is 332 cm³/mol. The normalized spacial score (nSPS) is 11.9. The molecule has 2 aromatic heterocycles. The maximum atomic E-state index is 2.48. The highest BCUT2D eigenvalue weighted by Crippen LogP contribution is 2.44. The topological polar surface area (TPSA) is 13.1 Å². The van der Waals surface area contributed by atoms with Crippen LogP contribution in [0.1, 0.15) is 17.7 Å². The van der Waals surface area contributed by atoms with E-state index < -0.39 is 0 Å². The molecule has 0 saturated heterocycles. The molecule has 1 aliphatic rings. The number of hydrogen-bond donors (Lipinski definition) is 0. The predicted octanol–water partition coefficient (Wildman–Crippen LogP) is 20.0. The Morgan fingerprint density at radius 1 is 0.312 bits per heavy atom. The van der Waals surface area contributed by atoms with Gasteiger partial charge in [-0.1, -0.05) is 177 Å². The minimum absolute atomic E-state index is 1.00. The van der Waals surface area contributed by atoms with Gasteiger partial charge in [-0.25, -0.2) is 0 Å². The van der Waals surface area contributed by atoms with E-state index in [-0.39, 0.29) is 0 Å². The second-order valence-electron chi connectivity index (χ2n) is 19.6. The highest BCUT2D eigenvalue weighted by molar-refractivity contribution is 7.15. The molecule has 0 spiro atoms. The molecule has 11 aromatic carbocycles. The lowest BCUT2D eigenvalue weighted by atomic mass is 9.90. The fourth-order valence-electron chi connectivity index (χ4n) is 11.6. The van der Waals surface area contributed by atoms with Crippen molar-refractivity contribution in [3.8, 4) is 67.0 Å². The van der Waals surface area contributed by atoms with Gasteiger partial charge in [0.05, 0.1) is 16.6 Å². The third-order valence-electron chi connectivity index (χ3n) is 15.1. The molecule has 0 aliphatic heterocycles. The molecule has 1 unspecified atom stereocenters. The van der Waals surface area contributed by atoms with Crippen LogP contribution in [0.5, 0.6) is 0 Å². The van der Waals surface area contributed by atoms with Gasteiger partial charge in [-0.05, 0) is 184 Å². The van der Waals surface area contributed by atoms with Crippen molar-refractivity contribution in [1.82, 2.24) is 9.13 Å². The van der Waals surface area contributed by atoms with E-state index in [4.69, 9.17) is 0 Å². The maximum absolute atomic E-state index is 2.48. The Bertz CT molecular complexity index is 4270. The average Bonchev–Trinajstić information content (AvgIpc) is 4.15. The van der Waals surface area contributed by atoms with Gasteiger partial charge in [-0.15, -0.1) is 9.24 Å². The first-order valence-corrected chi connectivity index (χ1v) is 27.8. The maximum Gasteiger partial charge on any atom is 0.0541 e. The number of rotatable bonds is 10. The second kappa shape index (κ2) is 20.8. The molecule has 0 fully saturated rings. The summed E-state index contributed by atoms with van der Waals surface area (Å²) in [7, 11) is 2.42. The molecule has 1 aliphatic carbocycles. The van der Waals surface area contributed by atoms with Crippen molar-refractivity contribution in [2.75, 3.05) is 11.6 Å². The quantitative estimate of drug-likeness (QED) is 0.124. The van der Waals surface area contributed by atoms with Crippen LogP contribution in [0, 0.1) is 0 Å². The highest BCUT2D eigenvalue weighted by Gasteiger charge is 2.22. The summed E-state index contributed by atoms with van der Waals surface area (Å²) in [5, 5.41) is 3.73. The van der Waals surface area contributed by atoms with Crippen LogP contribution in [0.4, 0.5) is 17.1 Å². The number of para-hydroxylation sites is 4. The number of hydrogen-bond acceptors (Lipinski definition) is 1. The Kier molecular flexibility index (Phi) is 12.8. The van der Waals surface area contributed by atoms with Crippen LogP contribution in [0.2, 0.25) is 0 Å². The summed E-state index contributed by atoms with van der Waals surface area (Å²) >= 11 is 0. The molecular weight excluding hydrogens is 950 g/mol. The van der Waals surface area contributed by atoms with Crippen molar-refractivity contribution >= 4 is 65.1 Å². The van der Waals surface area contributed by atoms with Gasteiger partial charge in [0.25, 0.3) is 0 Å². The average molecular weight is 1010 g/mol. The van der Waals surface area contributed by atoms with Crippen LogP contribution in [-0.4, -0.2) is 15.8 Å². The molecule has 0 N–H and O–H groups in total. The fraction of sp³-hybridized carbons (Fsp3) is 0.0411.